The first-order valence-corrected chi connectivity index (χ1v) is 5.76. The fourth-order valence-corrected chi connectivity index (χ4v) is 1.96. The highest BCUT2D eigenvalue weighted by Gasteiger charge is 2.24. The zero-order chi connectivity index (χ0) is 11.8. The first-order chi connectivity index (χ1) is 7.47. The van der Waals surface area contributed by atoms with E-state index in [2.05, 4.69) is 40.1 Å². The minimum absolute atomic E-state index is 0.230. The van der Waals surface area contributed by atoms with E-state index in [0.717, 1.165) is 12.3 Å². The van der Waals surface area contributed by atoms with Crippen molar-refractivity contribution in [2.45, 2.75) is 20.8 Å². The lowest BCUT2D eigenvalue weighted by atomic mass is 9.83. The molecule has 1 aliphatic heterocycles. The Kier molecular flexibility index (Phi) is 2.76. The Morgan fingerprint density at radius 3 is 2.62 bits per heavy atom. The van der Waals surface area contributed by atoms with E-state index in [1.807, 2.05) is 12.1 Å². The second-order valence-electron chi connectivity index (χ2n) is 5.52. The van der Waals surface area contributed by atoms with Crippen LogP contribution in [-0.4, -0.2) is 13.6 Å². The van der Waals surface area contributed by atoms with Crippen LogP contribution >= 0.6 is 0 Å². The van der Waals surface area contributed by atoms with E-state index >= 15 is 0 Å². The predicted octanol–water partition coefficient (Wildman–Crippen LogP) is 2.12. The SMILES string of the molecule is C[NH+]1C=C(c2ccco2)C=C(C(C)(C)C)C1. The van der Waals surface area contributed by atoms with Gasteiger partial charge in [0.2, 0.25) is 0 Å². The van der Waals surface area contributed by atoms with Crippen LogP contribution in [0.1, 0.15) is 26.5 Å². The van der Waals surface area contributed by atoms with Gasteiger partial charge in [0.25, 0.3) is 0 Å². The monoisotopic (exact) mass is 218 g/mol. The largest absolute Gasteiger partial charge is 0.464 e. The maximum atomic E-state index is 5.46. The van der Waals surface area contributed by atoms with E-state index in [-0.39, 0.29) is 5.41 Å². The van der Waals surface area contributed by atoms with Crippen molar-refractivity contribution in [2.24, 2.45) is 5.41 Å². The normalized spacial score (nSPS) is 21.6. The van der Waals surface area contributed by atoms with Crippen LogP contribution in [0.5, 0.6) is 0 Å². The molecule has 0 spiro atoms. The molecular weight excluding hydrogens is 198 g/mol. The molecule has 2 heterocycles. The maximum absolute atomic E-state index is 5.46. The summed E-state index contributed by atoms with van der Waals surface area (Å²) in [7, 11) is 2.18. The van der Waals surface area contributed by atoms with E-state index in [0.29, 0.717) is 0 Å². The number of hydrogen-bond acceptors (Lipinski definition) is 1. The summed E-state index contributed by atoms with van der Waals surface area (Å²) in [6.07, 6.45) is 6.21. The second-order valence-corrected chi connectivity index (χ2v) is 5.52. The van der Waals surface area contributed by atoms with Crippen LogP contribution in [-0.2, 0) is 0 Å². The minimum atomic E-state index is 0.230. The molecule has 2 heteroatoms. The molecule has 0 aliphatic carbocycles. The molecule has 0 saturated heterocycles. The summed E-state index contributed by atoms with van der Waals surface area (Å²) in [6.45, 7) is 7.86. The lowest BCUT2D eigenvalue weighted by Gasteiger charge is -2.27. The molecule has 1 unspecified atom stereocenters. The number of rotatable bonds is 1. The summed E-state index contributed by atoms with van der Waals surface area (Å²) in [6, 6.07) is 3.95. The van der Waals surface area contributed by atoms with Gasteiger partial charge in [0.15, 0.2) is 0 Å². The maximum Gasteiger partial charge on any atom is 0.139 e. The Bertz CT molecular complexity index is 418. The summed E-state index contributed by atoms with van der Waals surface area (Å²) >= 11 is 0. The van der Waals surface area contributed by atoms with Gasteiger partial charge in [0, 0.05) is 0 Å². The Labute approximate surface area is 97.2 Å². The van der Waals surface area contributed by atoms with Crippen LogP contribution in [0.25, 0.3) is 5.57 Å². The number of likely N-dealkylation sites (N-methyl/N-ethyl adjacent to an activating group) is 1. The Balaban J connectivity index is 2.36. The lowest BCUT2D eigenvalue weighted by Crippen LogP contribution is -3.05. The third kappa shape index (κ3) is 2.27. The van der Waals surface area contributed by atoms with Crippen LogP contribution < -0.4 is 4.90 Å². The number of quaternary nitrogens is 1. The smallest absolute Gasteiger partial charge is 0.139 e. The third-order valence-electron chi connectivity index (χ3n) is 2.97. The molecule has 0 amide bonds. The molecule has 0 fully saturated rings. The van der Waals surface area contributed by atoms with Crippen LogP contribution in [0.3, 0.4) is 0 Å². The van der Waals surface area contributed by atoms with Crippen molar-refractivity contribution in [1.29, 1.82) is 0 Å². The quantitative estimate of drug-likeness (QED) is 0.764. The molecule has 1 aromatic rings. The number of furan rings is 1. The van der Waals surface area contributed by atoms with E-state index in [9.17, 15) is 0 Å². The fourth-order valence-electron chi connectivity index (χ4n) is 1.96. The molecule has 1 atom stereocenters. The molecule has 0 radical (unpaired) electrons. The van der Waals surface area contributed by atoms with Gasteiger partial charge in [-0.25, -0.2) is 0 Å². The van der Waals surface area contributed by atoms with E-state index in [4.69, 9.17) is 4.42 Å². The van der Waals surface area contributed by atoms with Gasteiger partial charge >= 0.3 is 0 Å². The molecule has 0 aromatic carbocycles. The standard InChI is InChI=1S/C14H19NO/c1-14(2,3)12-8-11(9-15(4)10-12)13-6-5-7-16-13/h5-9H,10H2,1-4H3/p+1. The second kappa shape index (κ2) is 3.95. The molecule has 2 rings (SSSR count). The average Bonchev–Trinajstić information content (AvgIpc) is 2.68. The van der Waals surface area contributed by atoms with Gasteiger partial charge in [0.05, 0.1) is 18.9 Å². The third-order valence-corrected chi connectivity index (χ3v) is 2.97. The van der Waals surface area contributed by atoms with Gasteiger partial charge in [-0.15, -0.1) is 0 Å². The summed E-state index contributed by atoms with van der Waals surface area (Å²) in [5.41, 5.74) is 2.89. The first-order valence-electron chi connectivity index (χ1n) is 5.76. The first kappa shape index (κ1) is 11.2. The Morgan fingerprint density at radius 2 is 2.06 bits per heavy atom. The Hall–Kier alpha value is -1.28. The van der Waals surface area contributed by atoms with Crippen molar-refractivity contribution in [2.75, 3.05) is 13.6 Å². The van der Waals surface area contributed by atoms with Crippen molar-refractivity contribution in [3.8, 4) is 0 Å². The molecule has 2 nitrogen and oxygen atoms in total. The van der Waals surface area contributed by atoms with Gasteiger partial charge in [-0.1, -0.05) is 20.8 Å². The zero-order valence-electron chi connectivity index (χ0n) is 10.5. The molecule has 16 heavy (non-hydrogen) atoms. The summed E-state index contributed by atoms with van der Waals surface area (Å²) in [5.74, 6) is 0.959. The molecule has 1 N–H and O–H groups in total. The molecular formula is C14H20NO+. The minimum Gasteiger partial charge on any atom is -0.464 e. The number of hydrogen-bond donors (Lipinski definition) is 1. The van der Waals surface area contributed by atoms with Crippen molar-refractivity contribution in [3.05, 3.63) is 42.0 Å². The highest BCUT2D eigenvalue weighted by molar-refractivity contribution is 5.71. The van der Waals surface area contributed by atoms with E-state index in [1.54, 1.807) is 6.26 Å². The number of nitrogens with one attached hydrogen (secondary N) is 1. The highest BCUT2D eigenvalue weighted by Crippen LogP contribution is 2.29. The zero-order valence-corrected chi connectivity index (χ0v) is 10.5. The van der Waals surface area contributed by atoms with Crippen molar-refractivity contribution in [3.63, 3.8) is 0 Å². The highest BCUT2D eigenvalue weighted by atomic mass is 16.3. The van der Waals surface area contributed by atoms with Gasteiger partial charge in [0.1, 0.15) is 18.5 Å². The lowest BCUT2D eigenvalue weighted by molar-refractivity contribution is -0.819. The van der Waals surface area contributed by atoms with Crippen LogP contribution in [0.15, 0.2) is 40.7 Å². The van der Waals surface area contributed by atoms with Crippen LogP contribution in [0.4, 0.5) is 0 Å². The Morgan fingerprint density at radius 1 is 1.31 bits per heavy atom. The average molecular weight is 218 g/mol. The van der Waals surface area contributed by atoms with Gasteiger partial charge in [-0.05, 0) is 29.2 Å². The van der Waals surface area contributed by atoms with Gasteiger partial charge in [-0.3, -0.25) is 0 Å². The topological polar surface area (TPSA) is 17.6 Å². The summed E-state index contributed by atoms with van der Waals surface area (Å²) in [5, 5.41) is 0. The molecule has 1 aliphatic rings. The molecule has 0 bridgehead atoms. The van der Waals surface area contributed by atoms with Gasteiger partial charge < -0.3 is 9.32 Å². The van der Waals surface area contributed by atoms with Gasteiger partial charge in [-0.2, -0.15) is 0 Å². The van der Waals surface area contributed by atoms with Crippen molar-refractivity contribution < 1.29 is 9.32 Å². The van der Waals surface area contributed by atoms with Crippen LogP contribution in [0, 0.1) is 5.41 Å². The van der Waals surface area contributed by atoms with E-state index < -0.39 is 0 Å². The number of allylic oxidation sites excluding steroid dienone is 2. The fraction of sp³-hybridized carbons (Fsp3) is 0.429. The molecule has 86 valence electrons. The van der Waals surface area contributed by atoms with E-state index in [1.165, 1.54) is 16.0 Å². The summed E-state index contributed by atoms with van der Waals surface area (Å²) in [4.78, 5) is 1.40. The molecule has 0 saturated carbocycles. The molecule has 1 aromatic heterocycles. The predicted molar refractivity (Wildman–Crippen MR) is 66.0 cm³/mol. The van der Waals surface area contributed by atoms with Crippen molar-refractivity contribution in [1.82, 2.24) is 0 Å². The van der Waals surface area contributed by atoms with Crippen molar-refractivity contribution >= 4 is 5.57 Å². The van der Waals surface area contributed by atoms with Crippen LogP contribution in [0.2, 0.25) is 0 Å². The summed E-state index contributed by atoms with van der Waals surface area (Å²) < 4.78 is 5.46.